The van der Waals surface area contributed by atoms with Crippen LogP contribution in [0.4, 0.5) is 10.1 Å². The highest BCUT2D eigenvalue weighted by Crippen LogP contribution is 2.15. The molecule has 0 spiro atoms. The largest absolute Gasteiger partial charge is 0.382 e. The first kappa shape index (κ1) is 15.4. The van der Waals surface area contributed by atoms with E-state index in [0.717, 1.165) is 12.0 Å². The summed E-state index contributed by atoms with van der Waals surface area (Å²) in [6.07, 6.45) is 0.808. The van der Waals surface area contributed by atoms with Crippen molar-refractivity contribution in [2.24, 2.45) is 10.8 Å². The van der Waals surface area contributed by atoms with Crippen molar-refractivity contribution in [1.82, 2.24) is 5.43 Å². The lowest BCUT2D eigenvalue weighted by molar-refractivity contribution is 0.146. The normalized spacial score (nSPS) is 11.5. The lowest BCUT2D eigenvalue weighted by Gasteiger charge is -2.11. The van der Waals surface area contributed by atoms with Crippen molar-refractivity contribution in [2.45, 2.75) is 20.3 Å². The Morgan fingerprint density at radius 1 is 1.47 bits per heavy atom. The summed E-state index contributed by atoms with van der Waals surface area (Å²) in [6, 6.07) is 4.51. The highest BCUT2D eigenvalue weighted by Gasteiger charge is 2.03. The third-order valence-corrected chi connectivity index (χ3v) is 2.51. The number of anilines is 1. The number of hydrazine groups is 1. The molecule has 0 aromatic heterocycles. The summed E-state index contributed by atoms with van der Waals surface area (Å²) in [7, 11) is 0. The Morgan fingerprint density at radius 2 is 2.26 bits per heavy atom. The summed E-state index contributed by atoms with van der Waals surface area (Å²) in [5.41, 5.74) is 4.02. The van der Waals surface area contributed by atoms with Crippen molar-refractivity contribution in [3.63, 3.8) is 0 Å². The molecule has 0 aliphatic heterocycles. The van der Waals surface area contributed by atoms with Crippen molar-refractivity contribution < 1.29 is 9.13 Å². The molecule has 0 unspecified atom stereocenters. The van der Waals surface area contributed by atoms with Crippen LogP contribution in [0.1, 0.15) is 18.9 Å². The van der Waals surface area contributed by atoms with Gasteiger partial charge in [-0.2, -0.15) is 0 Å². The Hall–Kier alpha value is -1.66. The molecule has 0 saturated carbocycles. The first-order chi connectivity index (χ1) is 9.17. The Balaban J connectivity index is 2.55. The van der Waals surface area contributed by atoms with E-state index in [1.54, 1.807) is 6.07 Å². The predicted octanol–water partition coefficient (Wildman–Crippen LogP) is 1.79. The van der Waals surface area contributed by atoms with E-state index in [1.165, 1.54) is 12.1 Å². The monoisotopic (exact) mass is 268 g/mol. The van der Waals surface area contributed by atoms with Crippen molar-refractivity contribution >= 4 is 11.6 Å². The van der Waals surface area contributed by atoms with Gasteiger partial charge in [0, 0.05) is 25.4 Å². The second-order valence-corrected chi connectivity index (χ2v) is 4.01. The van der Waals surface area contributed by atoms with Gasteiger partial charge in [0.15, 0.2) is 0 Å². The number of nitrogens with two attached hydrogens (primary N) is 1. The van der Waals surface area contributed by atoms with Gasteiger partial charge in [0.05, 0.1) is 0 Å². The molecule has 0 aliphatic carbocycles. The first-order valence-corrected chi connectivity index (χ1v) is 6.29. The zero-order chi connectivity index (χ0) is 14.1. The van der Waals surface area contributed by atoms with Crippen LogP contribution in [-0.2, 0) is 4.74 Å². The number of aryl methyl sites for hydroxylation is 1. The van der Waals surface area contributed by atoms with E-state index >= 15 is 0 Å². The molecule has 0 bridgehead atoms. The molecule has 1 aromatic carbocycles. The molecule has 5 nitrogen and oxygen atoms in total. The minimum atomic E-state index is -0.305. The smallest absolute Gasteiger partial charge is 0.210 e. The van der Waals surface area contributed by atoms with Crippen LogP contribution in [0.3, 0.4) is 0 Å². The molecule has 0 radical (unpaired) electrons. The summed E-state index contributed by atoms with van der Waals surface area (Å²) < 4.78 is 18.4. The quantitative estimate of drug-likeness (QED) is 0.242. The van der Waals surface area contributed by atoms with E-state index in [0.29, 0.717) is 31.4 Å². The van der Waals surface area contributed by atoms with E-state index in [4.69, 9.17) is 10.6 Å². The van der Waals surface area contributed by atoms with Crippen LogP contribution in [-0.4, -0.2) is 25.7 Å². The minimum absolute atomic E-state index is 0.305. The number of nitrogens with zero attached hydrogens (tertiary/aromatic N) is 1. The number of ether oxygens (including phenoxy) is 1. The summed E-state index contributed by atoms with van der Waals surface area (Å²) in [6.45, 7) is 5.78. The second kappa shape index (κ2) is 8.44. The van der Waals surface area contributed by atoms with E-state index in [2.05, 4.69) is 15.7 Å². The van der Waals surface area contributed by atoms with Crippen LogP contribution in [0.15, 0.2) is 23.2 Å². The number of hydrogen-bond acceptors (Lipinski definition) is 3. The van der Waals surface area contributed by atoms with Crippen molar-refractivity contribution in [3.05, 3.63) is 29.6 Å². The van der Waals surface area contributed by atoms with Gasteiger partial charge in [0.1, 0.15) is 5.82 Å². The number of hydrogen-bond donors (Lipinski definition) is 3. The van der Waals surface area contributed by atoms with E-state index in [1.807, 2.05) is 13.8 Å². The van der Waals surface area contributed by atoms with Crippen molar-refractivity contribution in [3.8, 4) is 0 Å². The Bertz CT molecular complexity index is 423. The molecule has 1 rings (SSSR count). The van der Waals surface area contributed by atoms with Gasteiger partial charge in [-0.1, -0.05) is 6.07 Å². The molecular formula is C13H21FN4O. The first-order valence-electron chi connectivity index (χ1n) is 6.29. The summed E-state index contributed by atoms with van der Waals surface area (Å²) >= 11 is 0. The highest BCUT2D eigenvalue weighted by molar-refractivity contribution is 5.93. The maximum Gasteiger partial charge on any atom is 0.210 e. The van der Waals surface area contributed by atoms with Gasteiger partial charge in [0.2, 0.25) is 5.96 Å². The summed E-state index contributed by atoms with van der Waals surface area (Å²) in [4.78, 5) is 4.25. The number of guanidine groups is 1. The topological polar surface area (TPSA) is 71.7 Å². The fourth-order valence-electron chi connectivity index (χ4n) is 1.48. The van der Waals surface area contributed by atoms with E-state index in [9.17, 15) is 4.39 Å². The van der Waals surface area contributed by atoms with Gasteiger partial charge < -0.3 is 10.1 Å². The fourth-order valence-corrected chi connectivity index (χ4v) is 1.48. The second-order valence-electron chi connectivity index (χ2n) is 4.01. The molecule has 106 valence electrons. The number of nitrogens with one attached hydrogen (secondary N) is 2. The van der Waals surface area contributed by atoms with Crippen LogP contribution in [0.5, 0.6) is 0 Å². The van der Waals surface area contributed by atoms with Crippen molar-refractivity contribution in [2.75, 3.05) is 25.1 Å². The standard InChI is InChI=1S/C13H21FN4O/c1-3-19-8-4-7-16-13(18-15)17-12-9-11(14)6-5-10(12)2/h5-6,9H,3-4,7-8,15H2,1-2H3,(H2,16,17,18). The van der Waals surface area contributed by atoms with E-state index in [-0.39, 0.29) is 5.82 Å². The lowest BCUT2D eigenvalue weighted by atomic mass is 10.2. The maximum absolute atomic E-state index is 13.1. The molecule has 0 saturated heterocycles. The average Bonchev–Trinajstić information content (AvgIpc) is 2.41. The molecule has 6 heteroatoms. The van der Waals surface area contributed by atoms with Gasteiger partial charge in [-0.3, -0.25) is 10.4 Å². The van der Waals surface area contributed by atoms with E-state index < -0.39 is 0 Å². The van der Waals surface area contributed by atoms with Crippen LogP contribution in [0, 0.1) is 12.7 Å². The molecule has 1 aromatic rings. The molecule has 19 heavy (non-hydrogen) atoms. The number of rotatable bonds is 6. The van der Waals surface area contributed by atoms with Gasteiger partial charge in [-0.05, 0) is 38.0 Å². The highest BCUT2D eigenvalue weighted by atomic mass is 19.1. The Morgan fingerprint density at radius 3 is 2.95 bits per heavy atom. The molecular weight excluding hydrogens is 247 g/mol. The van der Waals surface area contributed by atoms with Crippen LogP contribution in [0.2, 0.25) is 0 Å². The fraction of sp³-hybridized carbons (Fsp3) is 0.462. The van der Waals surface area contributed by atoms with Gasteiger partial charge in [-0.25, -0.2) is 10.2 Å². The molecule has 0 aliphatic rings. The van der Waals surface area contributed by atoms with Crippen LogP contribution in [0.25, 0.3) is 0 Å². The number of halogens is 1. The molecule has 0 heterocycles. The minimum Gasteiger partial charge on any atom is -0.382 e. The predicted molar refractivity (Wildman–Crippen MR) is 75.5 cm³/mol. The molecule has 0 amide bonds. The van der Waals surface area contributed by atoms with Gasteiger partial charge >= 0.3 is 0 Å². The van der Waals surface area contributed by atoms with Crippen molar-refractivity contribution in [1.29, 1.82) is 0 Å². The third-order valence-electron chi connectivity index (χ3n) is 2.51. The third kappa shape index (κ3) is 5.67. The molecule has 0 atom stereocenters. The summed E-state index contributed by atoms with van der Waals surface area (Å²) in [5, 5.41) is 2.96. The van der Waals surface area contributed by atoms with Crippen LogP contribution >= 0.6 is 0 Å². The van der Waals surface area contributed by atoms with Gasteiger partial charge in [-0.15, -0.1) is 0 Å². The SMILES string of the molecule is CCOCCCN=C(NN)Nc1cc(F)ccc1C. The van der Waals surface area contributed by atoms with Gasteiger partial charge in [0.25, 0.3) is 0 Å². The molecule has 4 N–H and O–H groups in total. The summed E-state index contributed by atoms with van der Waals surface area (Å²) in [5.74, 6) is 5.48. The number of aliphatic imine (C=N–C) groups is 1. The zero-order valence-corrected chi connectivity index (χ0v) is 11.4. The molecule has 0 fully saturated rings. The average molecular weight is 268 g/mol. The number of benzene rings is 1. The van der Waals surface area contributed by atoms with Crippen LogP contribution < -0.4 is 16.6 Å². The maximum atomic E-state index is 13.1. The zero-order valence-electron chi connectivity index (χ0n) is 11.4. The lowest BCUT2D eigenvalue weighted by Crippen LogP contribution is -2.36. The Labute approximate surface area is 113 Å². The Kier molecular flexibility index (Phi) is 6.84.